The number of rotatable bonds is 6. The van der Waals surface area contributed by atoms with Crippen molar-refractivity contribution >= 4 is 18.3 Å². The van der Waals surface area contributed by atoms with Crippen molar-refractivity contribution in [3.8, 4) is 0 Å². The Morgan fingerprint density at radius 2 is 1.85 bits per heavy atom. The van der Waals surface area contributed by atoms with Gasteiger partial charge in [0.2, 0.25) is 5.91 Å². The largest absolute Gasteiger partial charge is 0.387 e. The molecule has 0 fully saturated rings. The zero-order valence-electron chi connectivity index (χ0n) is 12.3. The molecular weight excluding hydrogens is 276 g/mol. The molecule has 0 aliphatic rings. The number of benzene rings is 1. The molecule has 0 aromatic heterocycles. The zero-order valence-corrected chi connectivity index (χ0v) is 13.1. The number of hydrogen-bond donors (Lipinski definition) is 3. The molecule has 1 rings (SSSR count). The van der Waals surface area contributed by atoms with Crippen LogP contribution in [0.2, 0.25) is 0 Å². The van der Waals surface area contributed by atoms with Crippen molar-refractivity contribution in [2.75, 3.05) is 6.54 Å². The highest BCUT2D eigenvalue weighted by Crippen LogP contribution is 2.12. The topological polar surface area (TPSA) is 75.3 Å². The Balaban J connectivity index is 0.00000361. The first-order chi connectivity index (χ1) is 8.90. The molecule has 1 aromatic rings. The molecule has 0 heterocycles. The van der Waals surface area contributed by atoms with E-state index in [4.69, 9.17) is 5.73 Å². The van der Waals surface area contributed by atoms with Gasteiger partial charge in [0, 0.05) is 6.54 Å². The monoisotopic (exact) mass is 300 g/mol. The van der Waals surface area contributed by atoms with Gasteiger partial charge < -0.3 is 16.2 Å². The number of halogens is 1. The van der Waals surface area contributed by atoms with E-state index in [9.17, 15) is 9.90 Å². The van der Waals surface area contributed by atoms with Crippen molar-refractivity contribution < 1.29 is 9.90 Å². The molecule has 1 unspecified atom stereocenters. The Labute approximate surface area is 127 Å². The predicted molar refractivity (Wildman–Crippen MR) is 83.8 cm³/mol. The van der Waals surface area contributed by atoms with Gasteiger partial charge >= 0.3 is 0 Å². The highest BCUT2D eigenvalue weighted by atomic mass is 35.5. The molecule has 1 amide bonds. The summed E-state index contributed by atoms with van der Waals surface area (Å²) >= 11 is 0. The Hall–Kier alpha value is -1.10. The number of aryl methyl sites for hydroxylation is 1. The van der Waals surface area contributed by atoms with Gasteiger partial charge in [-0.3, -0.25) is 4.79 Å². The first kappa shape index (κ1) is 18.9. The predicted octanol–water partition coefficient (Wildman–Crippen LogP) is 1.94. The van der Waals surface area contributed by atoms with Crippen LogP contribution in [0.5, 0.6) is 0 Å². The van der Waals surface area contributed by atoms with Crippen LogP contribution in [-0.4, -0.2) is 23.6 Å². The number of hydrogen-bond acceptors (Lipinski definition) is 3. The van der Waals surface area contributed by atoms with Crippen molar-refractivity contribution in [2.24, 2.45) is 11.7 Å². The lowest BCUT2D eigenvalue weighted by molar-refractivity contribution is -0.123. The number of carbonyl (C=O) groups excluding carboxylic acids is 1. The lowest BCUT2D eigenvalue weighted by atomic mass is 10.0. The Bertz CT molecular complexity index is 407. The first-order valence-electron chi connectivity index (χ1n) is 6.68. The molecule has 5 heteroatoms. The number of nitrogens with one attached hydrogen (secondary N) is 1. The second kappa shape index (κ2) is 8.95. The number of aliphatic hydroxyl groups excluding tert-OH is 1. The highest BCUT2D eigenvalue weighted by Gasteiger charge is 2.16. The number of carbonyl (C=O) groups is 1. The molecule has 114 valence electrons. The lowest BCUT2D eigenvalue weighted by Gasteiger charge is -2.16. The van der Waals surface area contributed by atoms with Crippen molar-refractivity contribution in [3.05, 3.63) is 35.4 Å². The molecule has 20 heavy (non-hydrogen) atoms. The normalized spacial score (nSPS) is 13.5. The second-order valence-corrected chi connectivity index (χ2v) is 5.41. The summed E-state index contributed by atoms with van der Waals surface area (Å²) in [5, 5.41) is 12.7. The van der Waals surface area contributed by atoms with Gasteiger partial charge in [-0.15, -0.1) is 12.4 Å². The Morgan fingerprint density at radius 1 is 1.30 bits per heavy atom. The number of aliphatic hydroxyl groups is 1. The summed E-state index contributed by atoms with van der Waals surface area (Å²) in [5.74, 6) is 0.169. The summed E-state index contributed by atoms with van der Waals surface area (Å²) in [5.41, 5.74) is 7.70. The molecule has 4 nitrogen and oxygen atoms in total. The Kier molecular flexibility index (Phi) is 8.46. The molecule has 0 aliphatic carbocycles. The van der Waals surface area contributed by atoms with Crippen molar-refractivity contribution in [1.82, 2.24) is 5.32 Å². The van der Waals surface area contributed by atoms with Crippen LogP contribution in [0.15, 0.2) is 24.3 Å². The minimum Gasteiger partial charge on any atom is -0.387 e. The van der Waals surface area contributed by atoms with Gasteiger partial charge in [-0.1, -0.05) is 43.7 Å². The molecule has 0 saturated heterocycles. The average molecular weight is 301 g/mol. The maximum Gasteiger partial charge on any atom is 0.237 e. The molecule has 0 saturated carbocycles. The molecular formula is C15H25ClN2O2. The maximum absolute atomic E-state index is 11.7. The van der Waals surface area contributed by atoms with E-state index in [1.807, 2.05) is 45.0 Å². The van der Waals surface area contributed by atoms with Gasteiger partial charge in [0.1, 0.15) is 0 Å². The summed E-state index contributed by atoms with van der Waals surface area (Å²) in [6.07, 6.45) is -0.0530. The van der Waals surface area contributed by atoms with Crippen LogP contribution in [-0.2, 0) is 4.79 Å². The smallest absolute Gasteiger partial charge is 0.237 e. The quantitative estimate of drug-likeness (QED) is 0.751. The third-order valence-electron chi connectivity index (χ3n) is 2.99. The van der Waals surface area contributed by atoms with Crippen LogP contribution in [0.4, 0.5) is 0 Å². The molecule has 1 aromatic carbocycles. The van der Waals surface area contributed by atoms with Gasteiger partial charge in [0.25, 0.3) is 0 Å². The van der Waals surface area contributed by atoms with E-state index >= 15 is 0 Å². The third-order valence-corrected chi connectivity index (χ3v) is 2.99. The summed E-state index contributed by atoms with van der Waals surface area (Å²) in [4.78, 5) is 11.7. The van der Waals surface area contributed by atoms with E-state index in [1.165, 1.54) is 0 Å². The molecule has 0 radical (unpaired) electrons. The van der Waals surface area contributed by atoms with Crippen LogP contribution in [0.25, 0.3) is 0 Å². The summed E-state index contributed by atoms with van der Waals surface area (Å²) in [7, 11) is 0. The lowest BCUT2D eigenvalue weighted by Crippen LogP contribution is -2.42. The average Bonchev–Trinajstić information content (AvgIpc) is 2.35. The van der Waals surface area contributed by atoms with Crippen LogP contribution in [0.1, 0.15) is 37.5 Å². The Morgan fingerprint density at radius 3 is 2.35 bits per heavy atom. The fourth-order valence-corrected chi connectivity index (χ4v) is 1.85. The van der Waals surface area contributed by atoms with Gasteiger partial charge in [0.05, 0.1) is 12.1 Å². The molecule has 0 spiro atoms. The minimum atomic E-state index is -0.698. The molecule has 4 N–H and O–H groups in total. The van der Waals surface area contributed by atoms with E-state index in [0.29, 0.717) is 12.3 Å². The molecule has 0 bridgehead atoms. The standard InChI is InChI=1S/C15H24N2O2.ClH/c1-10(2)8-13(16)15(19)17-9-14(18)12-6-4-11(3)5-7-12;/h4-7,10,13-14,18H,8-9,16H2,1-3H3,(H,17,19);1H/t13-,14?;/m0./s1. The first-order valence-corrected chi connectivity index (χ1v) is 6.68. The fourth-order valence-electron chi connectivity index (χ4n) is 1.85. The summed E-state index contributed by atoms with van der Waals surface area (Å²) in [6, 6.07) is 7.08. The van der Waals surface area contributed by atoms with Gasteiger partial charge in [-0.2, -0.15) is 0 Å². The van der Waals surface area contributed by atoms with Crippen LogP contribution in [0, 0.1) is 12.8 Å². The number of nitrogens with two attached hydrogens (primary N) is 1. The molecule has 2 atom stereocenters. The van der Waals surface area contributed by atoms with Crippen molar-refractivity contribution in [3.63, 3.8) is 0 Å². The second-order valence-electron chi connectivity index (χ2n) is 5.41. The molecule has 0 aliphatic heterocycles. The van der Waals surface area contributed by atoms with E-state index in [0.717, 1.165) is 11.1 Å². The van der Waals surface area contributed by atoms with E-state index in [-0.39, 0.29) is 24.9 Å². The van der Waals surface area contributed by atoms with E-state index in [2.05, 4.69) is 5.32 Å². The van der Waals surface area contributed by atoms with E-state index in [1.54, 1.807) is 0 Å². The highest BCUT2D eigenvalue weighted by molar-refractivity contribution is 5.85. The van der Waals surface area contributed by atoms with E-state index < -0.39 is 12.1 Å². The number of amides is 1. The SMILES string of the molecule is Cc1ccc(C(O)CNC(=O)[C@@H](N)CC(C)C)cc1.Cl. The van der Waals surface area contributed by atoms with Crippen molar-refractivity contribution in [2.45, 2.75) is 39.3 Å². The summed E-state index contributed by atoms with van der Waals surface area (Å²) < 4.78 is 0. The van der Waals surface area contributed by atoms with Crippen LogP contribution in [0.3, 0.4) is 0 Å². The fraction of sp³-hybridized carbons (Fsp3) is 0.533. The third kappa shape index (κ3) is 6.37. The van der Waals surface area contributed by atoms with Crippen LogP contribution < -0.4 is 11.1 Å². The zero-order chi connectivity index (χ0) is 14.4. The minimum absolute atomic E-state index is 0. The van der Waals surface area contributed by atoms with Gasteiger partial charge in [-0.05, 0) is 24.8 Å². The van der Waals surface area contributed by atoms with Gasteiger partial charge in [0.15, 0.2) is 0 Å². The maximum atomic E-state index is 11.7. The summed E-state index contributed by atoms with van der Waals surface area (Å²) in [6.45, 7) is 6.22. The van der Waals surface area contributed by atoms with Gasteiger partial charge in [-0.25, -0.2) is 0 Å². The van der Waals surface area contributed by atoms with Crippen molar-refractivity contribution in [1.29, 1.82) is 0 Å². The van der Waals surface area contributed by atoms with Crippen LogP contribution >= 0.6 is 12.4 Å².